The molecule has 24 nitrogen and oxygen atoms in total. The molecule has 0 radical (unpaired) electrons. The van der Waals surface area contributed by atoms with Gasteiger partial charge in [-0.05, 0) is 80.4 Å². The molecule has 402 valence electrons. The zero-order chi connectivity index (χ0) is 55.4. The van der Waals surface area contributed by atoms with E-state index in [0.717, 1.165) is 24.3 Å². The highest BCUT2D eigenvalue weighted by Gasteiger charge is 2.24. The number of H-pyrrole nitrogens is 2. The summed E-state index contributed by atoms with van der Waals surface area (Å²) in [5, 5.41) is 18.9. The van der Waals surface area contributed by atoms with Crippen molar-refractivity contribution in [3.63, 3.8) is 0 Å². The Hall–Kier alpha value is -9.16. The number of carbonyl (C=O) groups is 9. The van der Waals surface area contributed by atoms with Gasteiger partial charge in [0, 0.05) is 105 Å². The maximum Gasteiger partial charge on any atom is 0.330 e. The molecule has 0 aliphatic heterocycles. The summed E-state index contributed by atoms with van der Waals surface area (Å²) in [6, 6.07) is 12.9. The fourth-order valence-corrected chi connectivity index (χ4v) is 6.83. The third kappa shape index (κ3) is 20.8. The van der Waals surface area contributed by atoms with Crippen molar-refractivity contribution in [3.8, 4) is 0 Å². The van der Waals surface area contributed by atoms with Crippen LogP contribution in [0.2, 0.25) is 0 Å². The van der Waals surface area contributed by atoms with Gasteiger partial charge in [0.2, 0.25) is 6.04 Å². The average molecular weight is 1050 g/mol. The minimum Gasteiger partial charge on any atom is -0.461 e. The normalized spacial score (nSPS) is 11.2. The van der Waals surface area contributed by atoms with Crippen LogP contribution in [0, 0.1) is 0 Å². The largest absolute Gasteiger partial charge is 0.461 e. The summed E-state index contributed by atoms with van der Waals surface area (Å²) in [7, 11) is 0. The van der Waals surface area contributed by atoms with Crippen LogP contribution in [0.25, 0.3) is 11.0 Å². The lowest BCUT2D eigenvalue weighted by molar-refractivity contribution is -0.140. The van der Waals surface area contributed by atoms with Crippen molar-refractivity contribution in [2.75, 3.05) is 89.4 Å². The Morgan fingerprint density at radius 3 is 1.46 bits per heavy atom. The first-order valence-electron chi connectivity index (χ1n) is 23.7. The Kier molecular flexibility index (Phi) is 24.6. The Balaban J connectivity index is 1.47. The van der Waals surface area contributed by atoms with Crippen molar-refractivity contribution in [1.29, 1.82) is 0 Å². The van der Waals surface area contributed by atoms with E-state index in [1.54, 1.807) is 12.1 Å². The van der Waals surface area contributed by atoms with Crippen molar-refractivity contribution in [1.82, 2.24) is 30.4 Å². The standard InChI is InChI=1S/C52H60N10O14/c1-6-43(64)73-26-22-61(23-27-74-44(65)7-2)20-10-18-53-48(68)36-30-37(49(69)54-19-11-21-62(24-28-75-45(66)8-3)25-29-76-46(67)9-4)32-40(31-36)56-50(70)35-12-14-38(15-13-35)59-60-47(34(5)63)51(71)55-39-16-17-41-42(33-39)58-52(72)57-41/h6-9,12-17,30-33,47H,1-4,10-11,18-29H2,5H3,(H,53,68)(H,54,69)(H,55,71)(H,56,70)(H2,57,58,72)/b60-59+. The van der Waals surface area contributed by atoms with E-state index in [1.807, 2.05) is 9.80 Å². The predicted molar refractivity (Wildman–Crippen MR) is 279 cm³/mol. The Morgan fingerprint density at radius 1 is 0.553 bits per heavy atom. The minimum absolute atomic E-state index is 0.0292. The molecule has 0 aliphatic carbocycles. The zero-order valence-electron chi connectivity index (χ0n) is 41.9. The van der Waals surface area contributed by atoms with E-state index < -0.39 is 65.0 Å². The number of hydrogen-bond acceptors (Lipinski definition) is 18. The number of rotatable bonds is 33. The molecule has 4 rings (SSSR count). The van der Waals surface area contributed by atoms with E-state index >= 15 is 0 Å². The number of benzene rings is 3. The van der Waals surface area contributed by atoms with Gasteiger partial charge in [-0.25, -0.2) is 24.0 Å². The number of nitrogens with zero attached hydrogens (tertiary/aromatic N) is 4. The summed E-state index contributed by atoms with van der Waals surface area (Å²) in [4.78, 5) is 133. The molecular weight excluding hydrogens is 989 g/mol. The van der Waals surface area contributed by atoms with Gasteiger partial charge in [0.1, 0.15) is 26.4 Å². The number of aromatic amines is 2. The number of ketones is 1. The second-order valence-corrected chi connectivity index (χ2v) is 16.2. The summed E-state index contributed by atoms with van der Waals surface area (Å²) in [6.45, 7) is 17.1. The van der Waals surface area contributed by atoms with Crippen LogP contribution >= 0.6 is 0 Å². The van der Waals surface area contributed by atoms with Crippen molar-refractivity contribution in [3.05, 3.63) is 138 Å². The van der Waals surface area contributed by atoms with Crippen LogP contribution in [0.4, 0.5) is 17.1 Å². The first kappa shape index (κ1) is 59.4. The highest BCUT2D eigenvalue weighted by molar-refractivity contribution is 6.10. The smallest absolute Gasteiger partial charge is 0.330 e. The van der Waals surface area contributed by atoms with Crippen molar-refractivity contribution < 1.29 is 62.1 Å². The maximum absolute atomic E-state index is 13.7. The number of nitrogens with one attached hydrogen (secondary N) is 6. The van der Waals surface area contributed by atoms with Gasteiger partial charge in [0.25, 0.3) is 23.6 Å². The van der Waals surface area contributed by atoms with Gasteiger partial charge < -0.3 is 50.2 Å². The molecule has 76 heavy (non-hydrogen) atoms. The summed E-state index contributed by atoms with van der Waals surface area (Å²) < 4.78 is 20.4. The van der Waals surface area contributed by atoms with Crippen molar-refractivity contribution in [2.45, 2.75) is 25.8 Å². The SMILES string of the molecule is C=CC(=O)OCCN(CCCNC(=O)c1cc(NC(=O)c2ccc(/N=N/C(C(C)=O)C(=O)Nc3ccc4[nH]c(=O)[nH]c4c3)cc2)cc(C(=O)NCCCN(CCOC(=O)C=C)CCOC(=O)C=C)c1)CCOC(=O)C=C. The summed E-state index contributed by atoms with van der Waals surface area (Å²) in [6.07, 6.45) is 4.94. The molecule has 0 fully saturated rings. The minimum atomic E-state index is -1.52. The van der Waals surface area contributed by atoms with Crippen LogP contribution in [-0.4, -0.2) is 158 Å². The molecule has 1 atom stereocenters. The van der Waals surface area contributed by atoms with E-state index in [1.165, 1.54) is 55.5 Å². The van der Waals surface area contributed by atoms with Gasteiger partial charge >= 0.3 is 29.6 Å². The highest BCUT2D eigenvalue weighted by atomic mass is 16.5. The molecule has 0 saturated carbocycles. The Bertz CT molecular complexity index is 2710. The number of imidazole rings is 1. The fraction of sp³-hybridized carbons (Fsp3) is 0.308. The van der Waals surface area contributed by atoms with Crippen LogP contribution in [0.5, 0.6) is 0 Å². The van der Waals surface area contributed by atoms with Gasteiger partial charge in [0.05, 0.1) is 16.7 Å². The first-order chi connectivity index (χ1) is 36.5. The molecule has 6 N–H and O–H groups in total. The van der Waals surface area contributed by atoms with Crippen LogP contribution < -0.4 is 27.0 Å². The average Bonchev–Trinajstić information content (AvgIpc) is 3.79. The number of amides is 4. The Morgan fingerprint density at radius 2 is 1.01 bits per heavy atom. The number of hydrogen-bond donors (Lipinski definition) is 6. The molecule has 1 unspecified atom stereocenters. The lowest BCUT2D eigenvalue weighted by atomic mass is 10.1. The van der Waals surface area contributed by atoms with E-state index in [-0.39, 0.29) is 67.6 Å². The number of Topliss-reactive ketones (excluding diaryl/α,β-unsaturated/α-hetero) is 1. The van der Waals surface area contributed by atoms with Gasteiger partial charge in [0.15, 0.2) is 5.78 Å². The first-order valence-corrected chi connectivity index (χ1v) is 23.7. The third-order valence-electron chi connectivity index (χ3n) is 10.7. The summed E-state index contributed by atoms with van der Waals surface area (Å²) in [5.41, 5.74) is 1.31. The van der Waals surface area contributed by atoms with Gasteiger partial charge in [-0.3, -0.25) is 33.8 Å². The highest BCUT2D eigenvalue weighted by Crippen LogP contribution is 2.20. The zero-order valence-corrected chi connectivity index (χ0v) is 41.9. The van der Waals surface area contributed by atoms with E-state index in [2.05, 4.69) is 67.8 Å². The lowest BCUT2D eigenvalue weighted by Gasteiger charge is -2.22. The molecule has 3 aromatic carbocycles. The summed E-state index contributed by atoms with van der Waals surface area (Å²) >= 11 is 0. The molecule has 0 spiro atoms. The van der Waals surface area contributed by atoms with E-state index in [9.17, 15) is 47.9 Å². The van der Waals surface area contributed by atoms with Crippen LogP contribution in [-0.2, 0) is 47.7 Å². The van der Waals surface area contributed by atoms with Gasteiger partial charge in [-0.2, -0.15) is 10.2 Å². The number of azo groups is 1. The van der Waals surface area contributed by atoms with E-state index in [0.29, 0.717) is 68.8 Å². The quantitative estimate of drug-likeness (QED) is 0.00992. The predicted octanol–water partition coefficient (Wildman–Crippen LogP) is 3.55. The Labute approximate surface area is 436 Å². The number of ether oxygens (including phenoxy) is 4. The maximum atomic E-state index is 13.7. The van der Waals surface area contributed by atoms with Gasteiger partial charge in [-0.1, -0.05) is 26.3 Å². The van der Waals surface area contributed by atoms with Crippen LogP contribution in [0.15, 0.2) is 126 Å². The van der Waals surface area contributed by atoms with Gasteiger partial charge in [-0.15, -0.1) is 0 Å². The number of aromatic nitrogens is 2. The van der Waals surface area contributed by atoms with Crippen LogP contribution in [0.1, 0.15) is 50.8 Å². The molecule has 0 aliphatic rings. The third-order valence-corrected chi connectivity index (χ3v) is 10.7. The number of anilines is 2. The molecule has 24 heteroatoms. The van der Waals surface area contributed by atoms with Crippen LogP contribution in [0.3, 0.4) is 0 Å². The summed E-state index contributed by atoms with van der Waals surface area (Å²) in [5.74, 6) is -5.56. The topological polar surface area (TPSA) is 319 Å². The fourth-order valence-electron chi connectivity index (χ4n) is 6.83. The second-order valence-electron chi connectivity index (χ2n) is 16.2. The molecule has 1 heterocycles. The molecule has 0 bridgehead atoms. The molecule has 0 saturated heterocycles. The molecule has 4 amide bonds. The monoisotopic (exact) mass is 1050 g/mol. The number of fused-ring (bicyclic) bond motifs is 1. The lowest BCUT2D eigenvalue weighted by Crippen LogP contribution is -2.35. The molecule has 4 aromatic rings. The van der Waals surface area contributed by atoms with E-state index in [4.69, 9.17) is 18.9 Å². The second kappa shape index (κ2) is 31.4. The van der Waals surface area contributed by atoms with Crippen molar-refractivity contribution in [2.24, 2.45) is 10.2 Å². The van der Waals surface area contributed by atoms with Crippen molar-refractivity contribution >= 4 is 81.4 Å². The number of esters is 4. The molecule has 1 aromatic heterocycles. The molecular formula is C52H60N10O14. The number of carbonyl (C=O) groups excluding carboxylic acids is 9.